The Kier molecular flexibility index (Phi) is 6.07. The van der Waals surface area contributed by atoms with Crippen LogP contribution in [0.2, 0.25) is 0 Å². The average molecular weight is 236 g/mol. The maximum Gasteiger partial charge on any atom is 0.303 e. The molecule has 0 bridgehead atoms. The zero-order chi connectivity index (χ0) is 12.5. The van der Waals surface area contributed by atoms with E-state index in [4.69, 9.17) is 5.11 Å². The van der Waals surface area contributed by atoms with E-state index < -0.39 is 5.97 Å². The molecule has 1 heterocycles. The molecular weight excluding hydrogens is 216 g/mol. The van der Waals surface area contributed by atoms with Gasteiger partial charge in [-0.2, -0.15) is 0 Å². The summed E-state index contributed by atoms with van der Waals surface area (Å²) in [6.45, 7) is 2.93. The molecule has 0 amide bonds. The molecule has 0 unspecified atom stereocenters. The maximum atomic E-state index is 10.3. The summed E-state index contributed by atoms with van der Waals surface area (Å²) < 4.78 is 0. The Hall–Kier alpha value is -1.58. The number of hydrogen-bond donors (Lipinski definition) is 2. The summed E-state index contributed by atoms with van der Waals surface area (Å²) in [5, 5.41) is 11.7. The number of carbonyl (C=O) groups is 1. The second kappa shape index (κ2) is 7.65. The Balaban J connectivity index is 2.03. The molecule has 0 fully saturated rings. The molecule has 0 atom stereocenters. The minimum atomic E-state index is -0.702. The Morgan fingerprint density at radius 1 is 1.35 bits per heavy atom. The molecule has 0 aliphatic heterocycles. The Morgan fingerprint density at radius 3 is 2.82 bits per heavy atom. The van der Waals surface area contributed by atoms with Gasteiger partial charge in [0.1, 0.15) is 5.82 Å². The van der Waals surface area contributed by atoms with Crippen LogP contribution in [0.3, 0.4) is 0 Å². The lowest BCUT2D eigenvalue weighted by molar-refractivity contribution is -0.137. The minimum Gasteiger partial charge on any atom is -0.481 e. The number of nitrogens with zero attached hydrogens (tertiary/aromatic N) is 1. The van der Waals surface area contributed by atoms with Crippen molar-refractivity contribution in [1.29, 1.82) is 0 Å². The number of carboxylic acid groups (broad SMARTS) is 1. The summed E-state index contributed by atoms with van der Waals surface area (Å²) in [5.74, 6) is 0.211. The van der Waals surface area contributed by atoms with E-state index >= 15 is 0 Å². The SMILES string of the molecule is Cc1ccnc(NCCCCCCC(=O)O)c1. The van der Waals surface area contributed by atoms with Gasteiger partial charge in [-0.1, -0.05) is 12.8 Å². The smallest absolute Gasteiger partial charge is 0.303 e. The van der Waals surface area contributed by atoms with Crippen molar-refractivity contribution in [1.82, 2.24) is 4.98 Å². The summed E-state index contributed by atoms with van der Waals surface area (Å²) in [7, 11) is 0. The molecule has 1 aromatic rings. The lowest BCUT2D eigenvalue weighted by atomic mass is 10.1. The lowest BCUT2D eigenvalue weighted by Crippen LogP contribution is -2.03. The van der Waals surface area contributed by atoms with Crippen LogP contribution in [0, 0.1) is 6.92 Å². The van der Waals surface area contributed by atoms with Crippen LogP contribution in [0.1, 0.15) is 37.7 Å². The first-order valence-corrected chi connectivity index (χ1v) is 6.07. The van der Waals surface area contributed by atoms with Gasteiger partial charge in [-0.3, -0.25) is 4.79 Å². The largest absolute Gasteiger partial charge is 0.481 e. The molecule has 0 aromatic carbocycles. The highest BCUT2D eigenvalue weighted by Crippen LogP contribution is 2.07. The Labute approximate surface area is 102 Å². The van der Waals surface area contributed by atoms with Crippen LogP contribution in [0.25, 0.3) is 0 Å². The third-order valence-electron chi connectivity index (χ3n) is 2.54. The summed E-state index contributed by atoms with van der Waals surface area (Å²) in [6.07, 6.45) is 5.95. The van der Waals surface area contributed by atoms with Gasteiger partial charge in [0, 0.05) is 19.2 Å². The van der Waals surface area contributed by atoms with Crippen molar-refractivity contribution in [3.63, 3.8) is 0 Å². The topological polar surface area (TPSA) is 62.2 Å². The highest BCUT2D eigenvalue weighted by Gasteiger charge is 1.97. The standard InChI is InChI=1S/C13H20N2O2/c1-11-7-9-15-12(10-11)14-8-5-3-2-4-6-13(16)17/h7,9-10H,2-6,8H2,1H3,(H,14,15)(H,16,17). The molecule has 0 aliphatic rings. The van der Waals surface area contributed by atoms with Gasteiger partial charge in [0.05, 0.1) is 0 Å². The van der Waals surface area contributed by atoms with E-state index in [0.717, 1.165) is 38.0 Å². The van der Waals surface area contributed by atoms with E-state index in [1.54, 1.807) is 6.20 Å². The number of carboxylic acids is 1. The number of anilines is 1. The zero-order valence-corrected chi connectivity index (χ0v) is 10.3. The summed E-state index contributed by atoms with van der Waals surface area (Å²) in [5.41, 5.74) is 1.20. The fourth-order valence-corrected chi connectivity index (χ4v) is 1.60. The van der Waals surface area contributed by atoms with E-state index in [-0.39, 0.29) is 6.42 Å². The van der Waals surface area contributed by atoms with Crippen LogP contribution in [0.4, 0.5) is 5.82 Å². The first-order chi connectivity index (χ1) is 8.18. The van der Waals surface area contributed by atoms with Crippen LogP contribution in [-0.4, -0.2) is 22.6 Å². The lowest BCUT2D eigenvalue weighted by Gasteiger charge is -2.05. The molecule has 1 aromatic heterocycles. The quantitative estimate of drug-likeness (QED) is 0.681. The van der Waals surface area contributed by atoms with E-state index in [0.29, 0.717) is 0 Å². The van der Waals surface area contributed by atoms with Crippen molar-refractivity contribution in [3.05, 3.63) is 23.9 Å². The number of pyridine rings is 1. The van der Waals surface area contributed by atoms with Crippen molar-refractivity contribution < 1.29 is 9.90 Å². The van der Waals surface area contributed by atoms with Gasteiger partial charge in [-0.25, -0.2) is 4.98 Å². The van der Waals surface area contributed by atoms with Crippen molar-refractivity contribution >= 4 is 11.8 Å². The Morgan fingerprint density at radius 2 is 2.12 bits per heavy atom. The molecule has 2 N–H and O–H groups in total. The maximum absolute atomic E-state index is 10.3. The first kappa shape index (κ1) is 13.5. The van der Waals surface area contributed by atoms with Crippen molar-refractivity contribution in [2.45, 2.75) is 39.0 Å². The number of unbranched alkanes of at least 4 members (excludes halogenated alkanes) is 3. The number of nitrogens with one attached hydrogen (secondary N) is 1. The minimum absolute atomic E-state index is 0.285. The van der Waals surface area contributed by atoms with Gasteiger partial charge in [0.25, 0.3) is 0 Å². The molecule has 0 spiro atoms. The molecule has 0 saturated carbocycles. The van der Waals surface area contributed by atoms with E-state index in [2.05, 4.69) is 10.3 Å². The highest BCUT2D eigenvalue weighted by atomic mass is 16.4. The summed E-state index contributed by atoms with van der Waals surface area (Å²) in [4.78, 5) is 14.5. The van der Waals surface area contributed by atoms with Gasteiger partial charge >= 0.3 is 5.97 Å². The van der Waals surface area contributed by atoms with Crippen LogP contribution in [-0.2, 0) is 4.79 Å². The second-order valence-corrected chi connectivity index (χ2v) is 4.20. The fourth-order valence-electron chi connectivity index (χ4n) is 1.60. The summed E-state index contributed by atoms with van der Waals surface area (Å²) in [6, 6.07) is 3.99. The van der Waals surface area contributed by atoms with Crippen molar-refractivity contribution in [2.24, 2.45) is 0 Å². The van der Waals surface area contributed by atoms with E-state index in [1.807, 2.05) is 19.1 Å². The van der Waals surface area contributed by atoms with Crippen LogP contribution in [0.5, 0.6) is 0 Å². The van der Waals surface area contributed by atoms with Crippen LogP contribution < -0.4 is 5.32 Å². The number of rotatable bonds is 8. The van der Waals surface area contributed by atoms with Crippen LogP contribution in [0.15, 0.2) is 18.3 Å². The predicted octanol–water partition coefficient (Wildman–Crippen LogP) is 2.84. The van der Waals surface area contributed by atoms with Crippen LogP contribution >= 0.6 is 0 Å². The molecule has 1 rings (SSSR count). The summed E-state index contributed by atoms with van der Waals surface area (Å²) >= 11 is 0. The van der Waals surface area contributed by atoms with Gasteiger partial charge in [0.15, 0.2) is 0 Å². The number of aliphatic carboxylic acids is 1. The van der Waals surface area contributed by atoms with Crippen molar-refractivity contribution in [3.8, 4) is 0 Å². The third kappa shape index (κ3) is 6.56. The zero-order valence-electron chi connectivity index (χ0n) is 10.3. The number of hydrogen-bond acceptors (Lipinski definition) is 3. The van der Waals surface area contributed by atoms with E-state index in [1.165, 1.54) is 5.56 Å². The molecule has 0 radical (unpaired) electrons. The molecule has 0 saturated heterocycles. The Bertz CT molecular complexity index is 353. The molecule has 17 heavy (non-hydrogen) atoms. The monoisotopic (exact) mass is 236 g/mol. The predicted molar refractivity (Wildman–Crippen MR) is 68.2 cm³/mol. The number of aromatic nitrogens is 1. The van der Waals surface area contributed by atoms with Gasteiger partial charge in [-0.05, 0) is 37.5 Å². The average Bonchev–Trinajstić information content (AvgIpc) is 2.27. The van der Waals surface area contributed by atoms with Gasteiger partial charge < -0.3 is 10.4 Å². The number of aryl methyl sites for hydroxylation is 1. The van der Waals surface area contributed by atoms with Gasteiger partial charge in [0.2, 0.25) is 0 Å². The van der Waals surface area contributed by atoms with Gasteiger partial charge in [-0.15, -0.1) is 0 Å². The highest BCUT2D eigenvalue weighted by molar-refractivity contribution is 5.66. The third-order valence-corrected chi connectivity index (χ3v) is 2.54. The molecule has 0 aliphatic carbocycles. The normalized spacial score (nSPS) is 10.2. The second-order valence-electron chi connectivity index (χ2n) is 4.20. The first-order valence-electron chi connectivity index (χ1n) is 6.07. The van der Waals surface area contributed by atoms with Crippen molar-refractivity contribution in [2.75, 3.05) is 11.9 Å². The fraction of sp³-hybridized carbons (Fsp3) is 0.538. The van der Waals surface area contributed by atoms with E-state index in [9.17, 15) is 4.79 Å². The molecule has 94 valence electrons. The molecular formula is C13H20N2O2. The molecule has 4 nitrogen and oxygen atoms in total. The molecule has 4 heteroatoms.